The lowest BCUT2D eigenvalue weighted by molar-refractivity contribution is 0.585. The lowest BCUT2D eigenvalue weighted by atomic mass is 10.1. The number of benzene rings is 3. The summed E-state index contributed by atoms with van der Waals surface area (Å²) in [5, 5.41) is 9.51. The van der Waals surface area contributed by atoms with E-state index < -0.39 is 0 Å². The second-order valence-corrected chi connectivity index (χ2v) is 6.95. The Labute approximate surface area is 171 Å². The molecule has 3 aromatic carbocycles. The van der Waals surface area contributed by atoms with Gasteiger partial charge in [0, 0.05) is 10.9 Å². The first-order valence-corrected chi connectivity index (χ1v) is 9.59. The van der Waals surface area contributed by atoms with Gasteiger partial charge in [-0.25, -0.2) is 9.97 Å². The summed E-state index contributed by atoms with van der Waals surface area (Å²) in [4.78, 5) is 12.8. The van der Waals surface area contributed by atoms with Gasteiger partial charge in [-0.15, -0.1) is 10.2 Å². The normalized spacial score (nSPS) is 11.3. The van der Waals surface area contributed by atoms with Crippen molar-refractivity contribution >= 4 is 21.9 Å². The predicted octanol–water partition coefficient (Wildman–Crippen LogP) is 5.50. The van der Waals surface area contributed by atoms with Crippen molar-refractivity contribution in [2.24, 2.45) is 0 Å². The zero-order chi connectivity index (χ0) is 19.9. The number of imidazole rings is 1. The van der Waals surface area contributed by atoms with Crippen molar-refractivity contribution < 1.29 is 4.42 Å². The lowest BCUT2D eigenvalue weighted by Crippen LogP contribution is -1.91. The summed E-state index contributed by atoms with van der Waals surface area (Å²) in [6.45, 7) is 0. The Morgan fingerprint density at radius 2 is 1.40 bits per heavy atom. The number of H-pyrrole nitrogens is 1. The monoisotopic (exact) mass is 389 g/mol. The summed E-state index contributed by atoms with van der Waals surface area (Å²) in [7, 11) is 0. The van der Waals surface area contributed by atoms with Crippen LogP contribution < -0.4 is 0 Å². The van der Waals surface area contributed by atoms with E-state index in [1.54, 1.807) is 0 Å². The standard InChI is InChI=1S/C24H15N5O/c1-2-8-15(9-3-1)23-28-29-24(30-23)17-14-21(25-18-11-5-4-10-16(17)18)22-26-19-12-6-7-13-20(19)27-22/h1-14H,(H,26,27). The van der Waals surface area contributed by atoms with Gasteiger partial charge in [0.15, 0.2) is 5.82 Å². The molecule has 3 heterocycles. The molecule has 1 N–H and O–H groups in total. The quantitative estimate of drug-likeness (QED) is 0.432. The molecular formula is C24H15N5O. The first-order chi connectivity index (χ1) is 14.8. The van der Waals surface area contributed by atoms with Gasteiger partial charge in [0.05, 0.1) is 22.1 Å². The number of hydrogen-bond acceptors (Lipinski definition) is 5. The minimum atomic E-state index is 0.449. The molecule has 0 amide bonds. The van der Waals surface area contributed by atoms with Crippen LogP contribution in [0.4, 0.5) is 0 Å². The highest BCUT2D eigenvalue weighted by Gasteiger charge is 2.17. The fourth-order valence-electron chi connectivity index (χ4n) is 3.58. The fraction of sp³-hybridized carbons (Fsp3) is 0. The number of nitrogens with zero attached hydrogens (tertiary/aromatic N) is 4. The van der Waals surface area contributed by atoms with Crippen molar-refractivity contribution in [3.8, 4) is 34.4 Å². The van der Waals surface area contributed by atoms with Gasteiger partial charge < -0.3 is 9.40 Å². The first-order valence-electron chi connectivity index (χ1n) is 9.59. The van der Waals surface area contributed by atoms with Crippen molar-refractivity contribution in [1.29, 1.82) is 0 Å². The molecule has 0 aliphatic rings. The Bertz CT molecular complexity index is 1470. The Balaban J connectivity index is 1.54. The van der Waals surface area contributed by atoms with E-state index in [1.807, 2.05) is 84.9 Å². The highest BCUT2D eigenvalue weighted by molar-refractivity contribution is 5.94. The summed E-state index contributed by atoms with van der Waals surface area (Å²) in [6.07, 6.45) is 0. The maximum absolute atomic E-state index is 6.03. The van der Waals surface area contributed by atoms with Gasteiger partial charge in [-0.2, -0.15) is 0 Å². The zero-order valence-electron chi connectivity index (χ0n) is 15.8. The first kappa shape index (κ1) is 16.6. The van der Waals surface area contributed by atoms with Crippen molar-refractivity contribution in [1.82, 2.24) is 25.1 Å². The van der Waals surface area contributed by atoms with Crippen LogP contribution in [0.1, 0.15) is 0 Å². The molecule has 0 spiro atoms. The topological polar surface area (TPSA) is 80.5 Å². The molecule has 6 nitrogen and oxygen atoms in total. The van der Waals surface area contributed by atoms with Crippen LogP contribution in [-0.2, 0) is 0 Å². The summed E-state index contributed by atoms with van der Waals surface area (Å²) in [5.74, 6) is 1.63. The van der Waals surface area contributed by atoms with Gasteiger partial charge in [-0.05, 0) is 36.4 Å². The number of rotatable bonds is 3. The third-order valence-corrected chi connectivity index (χ3v) is 5.02. The predicted molar refractivity (Wildman–Crippen MR) is 116 cm³/mol. The highest BCUT2D eigenvalue weighted by Crippen LogP contribution is 2.32. The minimum Gasteiger partial charge on any atom is -0.416 e. The van der Waals surface area contributed by atoms with E-state index >= 15 is 0 Å². The number of para-hydroxylation sites is 3. The second kappa shape index (κ2) is 6.63. The smallest absolute Gasteiger partial charge is 0.248 e. The molecule has 0 bridgehead atoms. The molecule has 6 heteroatoms. The third kappa shape index (κ3) is 2.74. The molecule has 142 valence electrons. The molecule has 0 radical (unpaired) electrons. The Morgan fingerprint density at radius 3 is 2.27 bits per heavy atom. The van der Waals surface area contributed by atoms with Gasteiger partial charge in [0.25, 0.3) is 0 Å². The van der Waals surface area contributed by atoms with E-state index in [1.165, 1.54) is 0 Å². The third-order valence-electron chi connectivity index (χ3n) is 5.02. The van der Waals surface area contributed by atoms with Crippen molar-refractivity contribution in [2.45, 2.75) is 0 Å². The van der Waals surface area contributed by atoms with E-state index in [-0.39, 0.29) is 0 Å². The average molecular weight is 389 g/mol. The molecule has 0 aliphatic carbocycles. The number of pyridine rings is 1. The Morgan fingerprint density at radius 1 is 0.667 bits per heavy atom. The molecule has 3 aromatic heterocycles. The molecule has 0 fully saturated rings. The Kier molecular flexibility index (Phi) is 3.67. The van der Waals surface area contributed by atoms with Gasteiger partial charge in [-0.1, -0.05) is 48.5 Å². The van der Waals surface area contributed by atoms with Gasteiger partial charge in [-0.3, -0.25) is 0 Å². The van der Waals surface area contributed by atoms with Crippen molar-refractivity contribution in [3.05, 3.63) is 84.9 Å². The molecule has 0 saturated heterocycles. The largest absolute Gasteiger partial charge is 0.416 e. The highest BCUT2D eigenvalue weighted by atomic mass is 16.4. The summed E-state index contributed by atoms with van der Waals surface area (Å²) >= 11 is 0. The lowest BCUT2D eigenvalue weighted by Gasteiger charge is -2.05. The summed E-state index contributed by atoms with van der Waals surface area (Å²) in [5.41, 5.74) is 5.13. The number of nitrogens with one attached hydrogen (secondary N) is 1. The van der Waals surface area contributed by atoms with Gasteiger partial charge in [0.1, 0.15) is 5.69 Å². The number of aromatic amines is 1. The average Bonchev–Trinajstić information content (AvgIpc) is 3.46. The zero-order valence-corrected chi connectivity index (χ0v) is 15.8. The summed E-state index contributed by atoms with van der Waals surface area (Å²) < 4.78 is 6.03. The van der Waals surface area contributed by atoms with Crippen LogP contribution in [0.25, 0.3) is 56.4 Å². The van der Waals surface area contributed by atoms with Crippen LogP contribution >= 0.6 is 0 Å². The Hall–Kier alpha value is -4.32. The fourth-order valence-corrected chi connectivity index (χ4v) is 3.58. The van der Waals surface area contributed by atoms with E-state index in [0.29, 0.717) is 17.6 Å². The van der Waals surface area contributed by atoms with Crippen molar-refractivity contribution in [3.63, 3.8) is 0 Å². The number of hydrogen-bond donors (Lipinski definition) is 1. The van der Waals surface area contributed by atoms with E-state index in [9.17, 15) is 0 Å². The SMILES string of the molecule is c1ccc(-c2nnc(-c3cc(-c4nc5ccccc5[nH]4)nc4ccccc34)o2)cc1. The number of fused-ring (bicyclic) bond motifs is 2. The molecule has 6 aromatic rings. The minimum absolute atomic E-state index is 0.449. The van der Waals surface area contributed by atoms with Crippen LogP contribution in [0, 0.1) is 0 Å². The molecular weight excluding hydrogens is 374 g/mol. The summed E-state index contributed by atoms with van der Waals surface area (Å²) in [6, 6.07) is 27.5. The van der Waals surface area contributed by atoms with E-state index in [2.05, 4.69) is 15.2 Å². The molecule has 0 unspecified atom stereocenters. The van der Waals surface area contributed by atoms with E-state index in [4.69, 9.17) is 14.4 Å². The molecule has 0 saturated carbocycles. The maximum Gasteiger partial charge on any atom is 0.248 e. The van der Waals surface area contributed by atoms with Crippen LogP contribution in [-0.4, -0.2) is 25.1 Å². The van der Waals surface area contributed by atoms with Gasteiger partial charge >= 0.3 is 0 Å². The van der Waals surface area contributed by atoms with Crippen LogP contribution in [0.3, 0.4) is 0 Å². The number of aromatic nitrogens is 5. The van der Waals surface area contributed by atoms with Crippen molar-refractivity contribution in [2.75, 3.05) is 0 Å². The molecule has 30 heavy (non-hydrogen) atoms. The molecule has 6 rings (SSSR count). The molecule has 0 atom stereocenters. The molecule has 0 aliphatic heterocycles. The van der Waals surface area contributed by atoms with Crippen LogP contribution in [0.5, 0.6) is 0 Å². The van der Waals surface area contributed by atoms with Crippen LogP contribution in [0.2, 0.25) is 0 Å². The maximum atomic E-state index is 6.03. The van der Waals surface area contributed by atoms with Gasteiger partial charge in [0.2, 0.25) is 11.8 Å². The second-order valence-electron chi connectivity index (χ2n) is 6.95. The van der Waals surface area contributed by atoms with Crippen LogP contribution in [0.15, 0.2) is 89.3 Å². The van der Waals surface area contributed by atoms with E-state index in [0.717, 1.165) is 38.8 Å².